The number of hydrogen-bond donors (Lipinski definition) is 2. The standard InChI is InChI=1S/C6H9ClF2N2O/c7-11-4(12)5(3-10)1-6(8,9)2-5/h1-3,10H2,(H,11,12). The van der Waals surface area contributed by atoms with Crippen LogP contribution in [0.2, 0.25) is 0 Å². The van der Waals surface area contributed by atoms with Gasteiger partial charge in [0.25, 0.3) is 0 Å². The lowest BCUT2D eigenvalue weighted by Gasteiger charge is -2.44. The van der Waals surface area contributed by atoms with Crippen LogP contribution in [0.5, 0.6) is 0 Å². The van der Waals surface area contributed by atoms with Crippen LogP contribution in [0.1, 0.15) is 12.8 Å². The first kappa shape index (κ1) is 9.67. The number of carbonyl (C=O) groups excluding carboxylic acids is 1. The zero-order valence-corrected chi connectivity index (χ0v) is 7.00. The third-order valence-electron chi connectivity index (χ3n) is 2.15. The summed E-state index contributed by atoms with van der Waals surface area (Å²) in [5.41, 5.74) is 4.07. The first-order chi connectivity index (χ1) is 5.46. The fraction of sp³-hybridized carbons (Fsp3) is 0.833. The Hall–Kier alpha value is -0.420. The van der Waals surface area contributed by atoms with Gasteiger partial charge in [0, 0.05) is 31.2 Å². The van der Waals surface area contributed by atoms with E-state index in [0.29, 0.717) is 0 Å². The van der Waals surface area contributed by atoms with Crippen LogP contribution in [0.3, 0.4) is 0 Å². The Kier molecular flexibility index (Phi) is 2.27. The Morgan fingerprint density at radius 3 is 2.33 bits per heavy atom. The fourth-order valence-electron chi connectivity index (χ4n) is 1.44. The molecule has 0 aliphatic heterocycles. The second-order valence-corrected chi connectivity index (χ2v) is 3.31. The normalized spacial score (nSPS) is 24.3. The summed E-state index contributed by atoms with van der Waals surface area (Å²) in [4.78, 5) is 12.8. The van der Waals surface area contributed by atoms with Crippen molar-refractivity contribution in [3.63, 3.8) is 0 Å². The first-order valence-corrected chi connectivity index (χ1v) is 3.83. The van der Waals surface area contributed by atoms with Crippen LogP contribution in [0.4, 0.5) is 8.78 Å². The van der Waals surface area contributed by atoms with E-state index in [-0.39, 0.29) is 6.54 Å². The van der Waals surface area contributed by atoms with Gasteiger partial charge in [-0.1, -0.05) is 0 Å². The van der Waals surface area contributed by atoms with Crippen molar-refractivity contribution in [3.8, 4) is 0 Å². The molecular weight excluding hydrogens is 190 g/mol. The first-order valence-electron chi connectivity index (χ1n) is 3.45. The zero-order valence-electron chi connectivity index (χ0n) is 6.24. The van der Waals surface area contributed by atoms with E-state index in [1.165, 1.54) is 0 Å². The molecule has 0 aromatic carbocycles. The van der Waals surface area contributed by atoms with E-state index < -0.39 is 30.1 Å². The number of nitrogens with two attached hydrogens (primary N) is 1. The van der Waals surface area contributed by atoms with E-state index in [2.05, 4.69) is 0 Å². The van der Waals surface area contributed by atoms with E-state index >= 15 is 0 Å². The molecule has 12 heavy (non-hydrogen) atoms. The van der Waals surface area contributed by atoms with E-state index in [0.717, 1.165) is 0 Å². The summed E-state index contributed by atoms with van der Waals surface area (Å²) < 4.78 is 24.9. The van der Waals surface area contributed by atoms with Crippen molar-refractivity contribution in [2.24, 2.45) is 11.1 Å². The molecule has 1 fully saturated rings. The van der Waals surface area contributed by atoms with E-state index in [4.69, 9.17) is 17.5 Å². The minimum absolute atomic E-state index is 0.0961. The Bertz CT molecular complexity index is 202. The molecule has 1 amide bonds. The summed E-state index contributed by atoms with van der Waals surface area (Å²) in [6.45, 7) is -0.0961. The van der Waals surface area contributed by atoms with Gasteiger partial charge in [0.2, 0.25) is 11.8 Å². The third-order valence-corrected chi connectivity index (χ3v) is 2.32. The van der Waals surface area contributed by atoms with E-state index in [1.807, 2.05) is 4.84 Å². The van der Waals surface area contributed by atoms with Gasteiger partial charge in [-0.2, -0.15) is 0 Å². The molecule has 0 atom stereocenters. The average molecular weight is 199 g/mol. The Morgan fingerprint density at radius 2 is 2.08 bits per heavy atom. The highest BCUT2D eigenvalue weighted by molar-refractivity contribution is 6.22. The number of halogens is 3. The maximum atomic E-state index is 12.4. The minimum Gasteiger partial charge on any atom is -0.329 e. The van der Waals surface area contributed by atoms with Crippen molar-refractivity contribution >= 4 is 17.7 Å². The highest BCUT2D eigenvalue weighted by atomic mass is 35.5. The van der Waals surface area contributed by atoms with Crippen LogP contribution in [-0.2, 0) is 4.79 Å². The summed E-state index contributed by atoms with van der Waals surface area (Å²) >= 11 is 5.02. The summed E-state index contributed by atoms with van der Waals surface area (Å²) in [7, 11) is 0. The molecule has 1 saturated carbocycles. The van der Waals surface area contributed by atoms with Gasteiger partial charge in [0.05, 0.1) is 5.41 Å². The van der Waals surface area contributed by atoms with Crippen LogP contribution in [-0.4, -0.2) is 18.4 Å². The molecule has 3 N–H and O–H groups in total. The fourth-order valence-corrected chi connectivity index (χ4v) is 1.64. The molecular formula is C6H9ClF2N2O. The smallest absolute Gasteiger partial charge is 0.250 e. The van der Waals surface area contributed by atoms with Gasteiger partial charge >= 0.3 is 0 Å². The van der Waals surface area contributed by atoms with Gasteiger partial charge in [-0.3, -0.25) is 9.63 Å². The second kappa shape index (κ2) is 2.81. The summed E-state index contributed by atoms with van der Waals surface area (Å²) in [5, 5.41) is 0. The van der Waals surface area contributed by atoms with Gasteiger partial charge in [-0.05, 0) is 0 Å². The lowest BCUT2D eigenvalue weighted by molar-refractivity contribution is -0.175. The topological polar surface area (TPSA) is 55.1 Å². The quantitative estimate of drug-likeness (QED) is 0.640. The molecule has 0 aromatic rings. The lowest BCUT2D eigenvalue weighted by Crippen LogP contribution is -2.57. The van der Waals surface area contributed by atoms with Crippen molar-refractivity contribution < 1.29 is 13.6 Å². The van der Waals surface area contributed by atoms with Crippen LogP contribution in [0.25, 0.3) is 0 Å². The average Bonchev–Trinajstić information content (AvgIpc) is 1.97. The number of alkyl halides is 2. The largest absolute Gasteiger partial charge is 0.329 e. The van der Waals surface area contributed by atoms with Crippen molar-refractivity contribution in [1.82, 2.24) is 4.84 Å². The van der Waals surface area contributed by atoms with Crippen LogP contribution in [0, 0.1) is 5.41 Å². The van der Waals surface area contributed by atoms with Crippen molar-refractivity contribution in [3.05, 3.63) is 0 Å². The molecule has 0 aromatic heterocycles. The molecule has 0 unspecified atom stereocenters. The SMILES string of the molecule is NCC1(C(=O)NCl)CC(F)(F)C1. The molecule has 1 aliphatic carbocycles. The predicted octanol–water partition coefficient (Wildman–Crippen LogP) is 0.631. The van der Waals surface area contributed by atoms with Gasteiger partial charge < -0.3 is 5.73 Å². The molecule has 1 rings (SSSR count). The molecule has 0 bridgehead atoms. The van der Waals surface area contributed by atoms with Crippen LogP contribution < -0.4 is 10.6 Å². The molecule has 0 heterocycles. The van der Waals surface area contributed by atoms with E-state index in [9.17, 15) is 13.6 Å². The molecule has 0 spiro atoms. The highest BCUT2D eigenvalue weighted by Gasteiger charge is 2.59. The van der Waals surface area contributed by atoms with Gasteiger partial charge in [0.1, 0.15) is 0 Å². The molecule has 0 radical (unpaired) electrons. The van der Waals surface area contributed by atoms with Crippen LogP contribution in [0.15, 0.2) is 0 Å². The maximum absolute atomic E-state index is 12.4. The van der Waals surface area contributed by atoms with Gasteiger partial charge in [-0.15, -0.1) is 0 Å². The number of rotatable bonds is 2. The monoisotopic (exact) mass is 198 g/mol. The number of carbonyl (C=O) groups is 1. The molecule has 3 nitrogen and oxygen atoms in total. The second-order valence-electron chi connectivity index (χ2n) is 3.12. The van der Waals surface area contributed by atoms with Crippen molar-refractivity contribution in [2.75, 3.05) is 6.54 Å². The Balaban J connectivity index is 2.65. The van der Waals surface area contributed by atoms with Crippen LogP contribution >= 0.6 is 11.8 Å². The van der Waals surface area contributed by atoms with Crippen molar-refractivity contribution in [1.29, 1.82) is 0 Å². The summed E-state index contributed by atoms with van der Waals surface area (Å²) in [6, 6.07) is 0. The molecule has 70 valence electrons. The molecule has 1 aliphatic rings. The highest BCUT2D eigenvalue weighted by Crippen LogP contribution is 2.51. The number of amides is 1. The zero-order chi connectivity index (χ0) is 9.41. The molecule has 6 heteroatoms. The summed E-state index contributed by atoms with van der Waals surface area (Å²) in [6.07, 6.45) is -1.01. The Labute approximate surface area is 73.4 Å². The lowest BCUT2D eigenvalue weighted by atomic mass is 9.65. The molecule has 0 saturated heterocycles. The predicted molar refractivity (Wildman–Crippen MR) is 39.7 cm³/mol. The van der Waals surface area contributed by atoms with Gasteiger partial charge in [-0.25, -0.2) is 8.78 Å². The maximum Gasteiger partial charge on any atom is 0.250 e. The minimum atomic E-state index is -2.76. The van der Waals surface area contributed by atoms with Crippen molar-refractivity contribution in [2.45, 2.75) is 18.8 Å². The number of hydrogen-bond acceptors (Lipinski definition) is 2. The number of nitrogens with one attached hydrogen (secondary N) is 1. The third kappa shape index (κ3) is 1.38. The van der Waals surface area contributed by atoms with Gasteiger partial charge in [0.15, 0.2) is 0 Å². The summed E-state index contributed by atoms with van der Waals surface area (Å²) in [5.74, 6) is -3.37. The van der Waals surface area contributed by atoms with E-state index in [1.54, 1.807) is 0 Å². The Morgan fingerprint density at radius 1 is 1.58 bits per heavy atom.